The second-order valence-electron chi connectivity index (χ2n) is 10.5. The molecule has 202 valence electrons. The Morgan fingerprint density at radius 2 is 0.837 bits per heavy atom. The Morgan fingerprint density at radius 3 is 1.49 bits per heavy atom. The summed E-state index contributed by atoms with van der Waals surface area (Å²) in [5.41, 5.74) is 8.59. The summed E-state index contributed by atoms with van der Waals surface area (Å²) >= 11 is 0. The molecule has 8 rings (SSSR count). The summed E-state index contributed by atoms with van der Waals surface area (Å²) in [5.74, 6) is 1.94. The topological polar surface area (TPSA) is 43.6 Å². The third-order valence-corrected chi connectivity index (χ3v) is 7.84. The average molecular weight is 551 g/mol. The first kappa shape index (κ1) is 24.9. The van der Waals surface area contributed by atoms with E-state index in [0.717, 1.165) is 33.4 Å². The highest BCUT2D eigenvalue weighted by molar-refractivity contribution is 6.10. The van der Waals surface area contributed by atoms with E-state index in [-0.39, 0.29) is 0 Å². The molecule has 0 bridgehead atoms. The molecule has 0 fully saturated rings. The Bertz CT molecular complexity index is 2160. The summed E-state index contributed by atoms with van der Waals surface area (Å²) in [7, 11) is 0. The van der Waals surface area contributed by atoms with Gasteiger partial charge < -0.3 is 4.57 Å². The van der Waals surface area contributed by atoms with Crippen LogP contribution in [0.3, 0.4) is 0 Å². The summed E-state index contributed by atoms with van der Waals surface area (Å²) in [6.45, 7) is 0. The Morgan fingerprint density at radius 1 is 0.326 bits per heavy atom. The Labute approximate surface area is 249 Å². The lowest BCUT2D eigenvalue weighted by molar-refractivity contribution is 1.07. The molecule has 2 heterocycles. The zero-order valence-corrected chi connectivity index (χ0v) is 23.3. The number of aromatic nitrogens is 4. The Balaban J connectivity index is 1.33. The molecule has 4 heteroatoms. The van der Waals surface area contributed by atoms with Gasteiger partial charge in [-0.05, 0) is 35.4 Å². The highest BCUT2D eigenvalue weighted by atomic mass is 15.0. The fraction of sp³-hybridized carbons (Fsp3) is 0. The number of rotatable bonds is 5. The molecule has 0 radical (unpaired) electrons. The molecule has 0 aliphatic heterocycles. The van der Waals surface area contributed by atoms with E-state index in [1.165, 1.54) is 21.9 Å². The summed E-state index contributed by atoms with van der Waals surface area (Å²) in [6, 6.07) is 54.5. The van der Waals surface area contributed by atoms with Crippen LogP contribution in [0.1, 0.15) is 0 Å². The van der Waals surface area contributed by atoms with Gasteiger partial charge in [-0.1, -0.05) is 133 Å². The van der Waals surface area contributed by atoms with Crippen molar-refractivity contribution < 1.29 is 0 Å². The van der Waals surface area contributed by atoms with E-state index >= 15 is 0 Å². The fourth-order valence-electron chi connectivity index (χ4n) is 5.78. The molecule has 4 nitrogen and oxygen atoms in total. The van der Waals surface area contributed by atoms with E-state index in [1.807, 2.05) is 60.7 Å². The maximum Gasteiger partial charge on any atom is 0.164 e. The van der Waals surface area contributed by atoms with Gasteiger partial charge in [0.1, 0.15) is 0 Å². The zero-order chi connectivity index (χ0) is 28.6. The average Bonchev–Trinajstić information content (AvgIpc) is 3.43. The summed E-state index contributed by atoms with van der Waals surface area (Å²) < 4.78 is 2.35. The first-order valence-electron chi connectivity index (χ1n) is 14.4. The number of benzene rings is 6. The van der Waals surface area contributed by atoms with Gasteiger partial charge in [-0.25, -0.2) is 15.0 Å². The van der Waals surface area contributed by atoms with Crippen LogP contribution in [0.5, 0.6) is 0 Å². The molecule has 0 aliphatic carbocycles. The van der Waals surface area contributed by atoms with Crippen LogP contribution in [-0.2, 0) is 0 Å². The Hall–Kier alpha value is -5.87. The first-order valence-corrected chi connectivity index (χ1v) is 14.4. The lowest BCUT2D eigenvalue weighted by Gasteiger charge is -2.12. The Kier molecular flexibility index (Phi) is 6.08. The molecule has 0 saturated heterocycles. The molecule has 0 aliphatic rings. The van der Waals surface area contributed by atoms with Gasteiger partial charge in [0.15, 0.2) is 17.5 Å². The lowest BCUT2D eigenvalue weighted by Crippen LogP contribution is -2.01. The van der Waals surface area contributed by atoms with Crippen LogP contribution in [0, 0.1) is 0 Å². The number of para-hydroxylation sites is 1. The van der Waals surface area contributed by atoms with Crippen molar-refractivity contribution >= 4 is 21.8 Å². The minimum atomic E-state index is 0.639. The fourth-order valence-corrected chi connectivity index (χ4v) is 5.78. The number of hydrogen-bond acceptors (Lipinski definition) is 3. The van der Waals surface area contributed by atoms with Crippen molar-refractivity contribution in [2.24, 2.45) is 0 Å². The van der Waals surface area contributed by atoms with Crippen molar-refractivity contribution in [1.82, 2.24) is 19.5 Å². The van der Waals surface area contributed by atoms with E-state index in [9.17, 15) is 0 Å². The van der Waals surface area contributed by atoms with Crippen molar-refractivity contribution in [1.29, 1.82) is 0 Å². The van der Waals surface area contributed by atoms with Gasteiger partial charge in [0, 0.05) is 33.2 Å². The minimum absolute atomic E-state index is 0.639. The SMILES string of the molecule is c1ccc(-c2ccc3c4ccccc4n(-c4cccc(-c5nc(-c6ccccc6)nc(-c6ccccc6)n5)c4)c3c2)cc1. The molecule has 0 saturated carbocycles. The molecule has 2 aromatic heterocycles. The molecular formula is C39H26N4. The van der Waals surface area contributed by atoms with Crippen molar-refractivity contribution in [3.05, 3.63) is 158 Å². The van der Waals surface area contributed by atoms with Crippen molar-refractivity contribution in [2.75, 3.05) is 0 Å². The highest BCUT2D eigenvalue weighted by Crippen LogP contribution is 2.35. The molecule has 6 aromatic carbocycles. The highest BCUT2D eigenvalue weighted by Gasteiger charge is 2.16. The van der Waals surface area contributed by atoms with Crippen LogP contribution in [0.15, 0.2) is 158 Å². The standard InChI is InChI=1S/C39H26N4/c1-4-13-27(14-5-1)30-23-24-34-33-21-10-11-22-35(33)43(36(34)26-30)32-20-12-19-31(25-32)39-41-37(28-15-6-2-7-16-28)40-38(42-39)29-17-8-3-9-18-29/h1-26H. The van der Waals surface area contributed by atoms with E-state index in [0.29, 0.717) is 17.5 Å². The van der Waals surface area contributed by atoms with Gasteiger partial charge >= 0.3 is 0 Å². The molecular weight excluding hydrogens is 524 g/mol. The maximum absolute atomic E-state index is 4.97. The smallest absolute Gasteiger partial charge is 0.164 e. The monoisotopic (exact) mass is 550 g/mol. The van der Waals surface area contributed by atoms with Gasteiger partial charge in [-0.3, -0.25) is 0 Å². The van der Waals surface area contributed by atoms with Crippen LogP contribution in [0.4, 0.5) is 0 Å². The van der Waals surface area contributed by atoms with Crippen LogP contribution < -0.4 is 0 Å². The molecule has 0 spiro atoms. The second kappa shape index (κ2) is 10.5. The number of hydrogen-bond donors (Lipinski definition) is 0. The maximum atomic E-state index is 4.97. The second-order valence-corrected chi connectivity index (χ2v) is 10.5. The predicted octanol–water partition coefficient (Wildman–Crippen LogP) is 9.64. The van der Waals surface area contributed by atoms with Crippen molar-refractivity contribution in [3.8, 4) is 51.0 Å². The van der Waals surface area contributed by atoms with E-state index in [1.54, 1.807) is 0 Å². The zero-order valence-electron chi connectivity index (χ0n) is 23.3. The normalized spacial score (nSPS) is 11.3. The molecule has 43 heavy (non-hydrogen) atoms. The molecule has 0 amide bonds. The molecule has 8 aromatic rings. The summed E-state index contributed by atoms with van der Waals surface area (Å²) in [4.78, 5) is 14.8. The lowest BCUT2D eigenvalue weighted by atomic mass is 10.0. The largest absolute Gasteiger partial charge is 0.309 e. The van der Waals surface area contributed by atoms with Crippen LogP contribution in [-0.4, -0.2) is 19.5 Å². The number of nitrogens with zero attached hydrogens (tertiary/aromatic N) is 4. The summed E-state index contributed by atoms with van der Waals surface area (Å²) in [5, 5.41) is 2.44. The van der Waals surface area contributed by atoms with E-state index in [4.69, 9.17) is 15.0 Å². The van der Waals surface area contributed by atoms with Gasteiger partial charge in [0.2, 0.25) is 0 Å². The third-order valence-electron chi connectivity index (χ3n) is 7.84. The van der Waals surface area contributed by atoms with Gasteiger partial charge in [-0.2, -0.15) is 0 Å². The van der Waals surface area contributed by atoms with Crippen LogP contribution in [0.25, 0.3) is 72.8 Å². The molecule has 0 N–H and O–H groups in total. The third kappa shape index (κ3) is 4.55. The molecule has 0 atom stereocenters. The predicted molar refractivity (Wildman–Crippen MR) is 176 cm³/mol. The van der Waals surface area contributed by atoms with Crippen molar-refractivity contribution in [2.45, 2.75) is 0 Å². The van der Waals surface area contributed by atoms with Gasteiger partial charge in [0.25, 0.3) is 0 Å². The summed E-state index contributed by atoms with van der Waals surface area (Å²) in [6.07, 6.45) is 0. The van der Waals surface area contributed by atoms with Gasteiger partial charge in [-0.15, -0.1) is 0 Å². The molecule has 0 unspecified atom stereocenters. The van der Waals surface area contributed by atoms with Gasteiger partial charge in [0.05, 0.1) is 11.0 Å². The van der Waals surface area contributed by atoms with Crippen LogP contribution >= 0.6 is 0 Å². The minimum Gasteiger partial charge on any atom is -0.309 e. The first-order chi connectivity index (χ1) is 21.3. The quantitative estimate of drug-likeness (QED) is 0.214. The number of fused-ring (bicyclic) bond motifs is 3. The van der Waals surface area contributed by atoms with E-state index < -0.39 is 0 Å². The van der Waals surface area contributed by atoms with E-state index in [2.05, 4.69) is 102 Å². The van der Waals surface area contributed by atoms with Crippen LogP contribution in [0.2, 0.25) is 0 Å². The van der Waals surface area contributed by atoms with Crippen molar-refractivity contribution in [3.63, 3.8) is 0 Å².